The largest absolute Gasteiger partial charge is 0.481 e. The fourth-order valence-corrected chi connectivity index (χ4v) is 2.26. The van der Waals surface area contributed by atoms with Crippen molar-refractivity contribution < 1.29 is 14.7 Å². The van der Waals surface area contributed by atoms with E-state index in [1.54, 1.807) is 13.1 Å². The van der Waals surface area contributed by atoms with Gasteiger partial charge in [0.05, 0.1) is 11.1 Å². The average Bonchev–Trinajstić information content (AvgIpc) is 2.82. The zero-order valence-electron chi connectivity index (χ0n) is 14.4. The van der Waals surface area contributed by atoms with E-state index < -0.39 is 11.4 Å². The van der Waals surface area contributed by atoms with Crippen molar-refractivity contribution in [3.8, 4) is 0 Å². The predicted molar refractivity (Wildman–Crippen MR) is 84.9 cm³/mol. The van der Waals surface area contributed by atoms with Crippen LogP contribution in [-0.4, -0.2) is 33.3 Å². The number of aromatic nitrogens is 2. The van der Waals surface area contributed by atoms with E-state index >= 15 is 0 Å². The standard InChI is InChI=1S/C16H27N3O3/c1-7-16(8-2,14(21)22)10-17-13(20)11-9-12(15(3,4)5)18-19(11)6/h9H,7-8,10H2,1-6H3,(H,17,20)(H,21,22). The van der Waals surface area contributed by atoms with E-state index in [1.165, 1.54) is 4.68 Å². The number of hydrogen-bond acceptors (Lipinski definition) is 3. The van der Waals surface area contributed by atoms with Crippen LogP contribution in [0.1, 0.15) is 63.6 Å². The van der Waals surface area contributed by atoms with Crippen LogP contribution >= 0.6 is 0 Å². The first-order valence-electron chi connectivity index (χ1n) is 7.63. The van der Waals surface area contributed by atoms with Gasteiger partial charge in [-0.1, -0.05) is 34.6 Å². The molecule has 0 bridgehead atoms. The molecule has 1 heterocycles. The number of aliphatic carboxylic acids is 1. The van der Waals surface area contributed by atoms with Crippen LogP contribution in [0.25, 0.3) is 0 Å². The molecule has 0 aliphatic rings. The molecule has 0 aliphatic heterocycles. The van der Waals surface area contributed by atoms with Crippen LogP contribution in [0.5, 0.6) is 0 Å². The molecule has 0 aliphatic carbocycles. The van der Waals surface area contributed by atoms with Crippen molar-refractivity contribution in [2.24, 2.45) is 12.5 Å². The summed E-state index contributed by atoms with van der Waals surface area (Å²) in [7, 11) is 1.72. The van der Waals surface area contributed by atoms with E-state index in [4.69, 9.17) is 0 Å². The molecule has 6 heteroatoms. The Balaban J connectivity index is 2.90. The van der Waals surface area contributed by atoms with Crippen LogP contribution in [-0.2, 0) is 17.3 Å². The van der Waals surface area contributed by atoms with E-state index in [-0.39, 0.29) is 17.9 Å². The Morgan fingerprint density at radius 1 is 1.27 bits per heavy atom. The van der Waals surface area contributed by atoms with Gasteiger partial charge >= 0.3 is 5.97 Å². The maximum Gasteiger partial charge on any atom is 0.311 e. The smallest absolute Gasteiger partial charge is 0.311 e. The van der Waals surface area contributed by atoms with Gasteiger partial charge in [0, 0.05) is 19.0 Å². The Labute approximate surface area is 131 Å². The minimum atomic E-state index is -0.916. The predicted octanol–water partition coefficient (Wildman–Crippen LogP) is 2.34. The molecule has 1 aromatic heterocycles. The first kappa shape index (κ1) is 18.2. The monoisotopic (exact) mass is 309 g/mol. The number of nitrogens with zero attached hydrogens (tertiary/aromatic N) is 2. The molecule has 2 N–H and O–H groups in total. The molecule has 22 heavy (non-hydrogen) atoms. The third-order valence-corrected chi connectivity index (χ3v) is 4.28. The van der Waals surface area contributed by atoms with Gasteiger partial charge < -0.3 is 10.4 Å². The first-order chi connectivity index (χ1) is 10.1. The fourth-order valence-electron chi connectivity index (χ4n) is 2.26. The molecule has 1 rings (SSSR count). The van der Waals surface area contributed by atoms with E-state index in [2.05, 4.69) is 10.4 Å². The molecular formula is C16H27N3O3. The molecule has 0 aromatic carbocycles. The van der Waals surface area contributed by atoms with E-state index in [9.17, 15) is 14.7 Å². The highest BCUT2D eigenvalue weighted by molar-refractivity contribution is 5.93. The fraction of sp³-hybridized carbons (Fsp3) is 0.688. The quantitative estimate of drug-likeness (QED) is 0.844. The van der Waals surface area contributed by atoms with Gasteiger partial charge in [0.25, 0.3) is 5.91 Å². The summed E-state index contributed by atoms with van der Waals surface area (Å²) in [5, 5.41) is 16.5. The lowest BCUT2D eigenvalue weighted by Crippen LogP contribution is -2.42. The summed E-state index contributed by atoms with van der Waals surface area (Å²) in [5.74, 6) is -1.17. The number of carboxylic acids is 1. The van der Waals surface area contributed by atoms with Crippen LogP contribution in [0.15, 0.2) is 6.07 Å². The normalized spacial score (nSPS) is 12.3. The number of nitrogens with one attached hydrogen (secondary N) is 1. The summed E-state index contributed by atoms with van der Waals surface area (Å²) in [6.45, 7) is 9.85. The van der Waals surface area contributed by atoms with E-state index in [0.717, 1.165) is 5.69 Å². The number of rotatable bonds is 6. The maximum absolute atomic E-state index is 12.3. The van der Waals surface area contributed by atoms with Gasteiger partial charge in [-0.2, -0.15) is 5.10 Å². The summed E-state index contributed by atoms with van der Waals surface area (Å²) in [5.41, 5.74) is 0.210. The second-order valence-electron chi connectivity index (χ2n) is 6.76. The highest BCUT2D eigenvalue weighted by atomic mass is 16.4. The Hall–Kier alpha value is -1.85. The van der Waals surface area contributed by atoms with Crippen molar-refractivity contribution in [1.82, 2.24) is 15.1 Å². The van der Waals surface area contributed by atoms with Crippen LogP contribution < -0.4 is 5.32 Å². The van der Waals surface area contributed by atoms with Gasteiger partial charge in [-0.05, 0) is 18.9 Å². The zero-order valence-corrected chi connectivity index (χ0v) is 14.4. The van der Waals surface area contributed by atoms with Gasteiger partial charge in [0.1, 0.15) is 5.69 Å². The summed E-state index contributed by atoms with van der Waals surface area (Å²) >= 11 is 0. The lowest BCUT2D eigenvalue weighted by atomic mass is 9.82. The van der Waals surface area contributed by atoms with Gasteiger partial charge in [0.2, 0.25) is 0 Å². The number of carbonyl (C=O) groups is 2. The summed E-state index contributed by atoms with van der Waals surface area (Å²) in [6.07, 6.45) is 0.940. The SMILES string of the molecule is CCC(CC)(CNC(=O)c1cc(C(C)(C)C)nn1C)C(=O)O. The second-order valence-corrected chi connectivity index (χ2v) is 6.76. The first-order valence-corrected chi connectivity index (χ1v) is 7.63. The van der Waals surface area contributed by atoms with Gasteiger partial charge in [-0.3, -0.25) is 14.3 Å². The summed E-state index contributed by atoms with van der Waals surface area (Å²) < 4.78 is 1.54. The molecule has 6 nitrogen and oxygen atoms in total. The molecule has 0 radical (unpaired) electrons. The number of amides is 1. The minimum absolute atomic E-state index is 0.115. The van der Waals surface area contributed by atoms with Crippen molar-refractivity contribution in [1.29, 1.82) is 0 Å². The highest BCUT2D eigenvalue weighted by Crippen LogP contribution is 2.26. The number of carboxylic acid groups (broad SMARTS) is 1. The van der Waals surface area contributed by atoms with Crippen molar-refractivity contribution in [2.45, 2.75) is 52.9 Å². The van der Waals surface area contributed by atoms with Crippen LogP contribution in [0.3, 0.4) is 0 Å². The number of hydrogen-bond donors (Lipinski definition) is 2. The third kappa shape index (κ3) is 3.67. The summed E-state index contributed by atoms with van der Waals surface area (Å²) in [4.78, 5) is 23.8. The minimum Gasteiger partial charge on any atom is -0.481 e. The van der Waals surface area contributed by atoms with Crippen molar-refractivity contribution >= 4 is 11.9 Å². The Kier molecular flexibility index (Phi) is 5.38. The number of carbonyl (C=O) groups excluding carboxylic acids is 1. The zero-order chi connectivity index (χ0) is 17.1. The van der Waals surface area contributed by atoms with Gasteiger partial charge in [-0.25, -0.2) is 0 Å². The van der Waals surface area contributed by atoms with Gasteiger partial charge in [-0.15, -0.1) is 0 Å². The lowest BCUT2D eigenvalue weighted by molar-refractivity contribution is -0.149. The molecule has 124 valence electrons. The topological polar surface area (TPSA) is 84.2 Å². The maximum atomic E-state index is 12.3. The van der Waals surface area contributed by atoms with Crippen molar-refractivity contribution in [3.63, 3.8) is 0 Å². The molecule has 0 unspecified atom stereocenters. The van der Waals surface area contributed by atoms with E-state index in [0.29, 0.717) is 18.5 Å². The van der Waals surface area contributed by atoms with Crippen LogP contribution in [0.2, 0.25) is 0 Å². The average molecular weight is 309 g/mol. The molecule has 1 amide bonds. The molecule has 0 atom stereocenters. The van der Waals surface area contributed by atoms with Gasteiger partial charge in [0.15, 0.2) is 0 Å². The lowest BCUT2D eigenvalue weighted by Gasteiger charge is -2.26. The molecule has 0 spiro atoms. The molecular weight excluding hydrogens is 282 g/mol. The van der Waals surface area contributed by atoms with Crippen molar-refractivity contribution in [2.75, 3.05) is 6.54 Å². The van der Waals surface area contributed by atoms with Crippen LogP contribution in [0.4, 0.5) is 0 Å². The van der Waals surface area contributed by atoms with Crippen molar-refractivity contribution in [3.05, 3.63) is 17.5 Å². The molecule has 0 saturated carbocycles. The number of aryl methyl sites for hydroxylation is 1. The summed E-state index contributed by atoms with van der Waals surface area (Å²) in [6, 6.07) is 1.76. The third-order valence-electron chi connectivity index (χ3n) is 4.28. The highest BCUT2D eigenvalue weighted by Gasteiger charge is 2.35. The molecule has 0 fully saturated rings. The van der Waals surface area contributed by atoms with E-state index in [1.807, 2.05) is 34.6 Å². The molecule has 1 aromatic rings. The molecule has 0 saturated heterocycles. The Bertz CT molecular complexity index is 551. The Morgan fingerprint density at radius 2 is 1.82 bits per heavy atom. The second kappa shape index (κ2) is 6.50. The van der Waals surface area contributed by atoms with Crippen LogP contribution in [0, 0.1) is 5.41 Å². The Morgan fingerprint density at radius 3 is 2.18 bits per heavy atom.